The first-order valence-electron chi connectivity index (χ1n) is 11.7. The minimum Gasteiger partial charge on any atom is -0.506 e. The van der Waals surface area contributed by atoms with Gasteiger partial charge < -0.3 is 15.7 Å². The lowest BCUT2D eigenvalue weighted by atomic mass is 10.2. The van der Waals surface area contributed by atoms with Crippen molar-refractivity contribution >= 4 is 28.9 Å². The summed E-state index contributed by atoms with van der Waals surface area (Å²) in [6.45, 7) is 3.65. The molecule has 0 aliphatic heterocycles. The highest BCUT2D eigenvalue weighted by Gasteiger charge is 2.01. The van der Waals surface area contributed by atoms with Crippen molar-refractivity contribution in [3.8, 4) is 5.75 Å². The summed E-state index contributed by atoms with van der Waals surface area (Å²) in [6.07, 6.45) is 28.1. The van der Waals surface area contributed by atoms with Crippen molar-refractivity contribution in [2.45, 2.75) is 71.3 Å². The van der Waals surface area contributed by atoms with Crippen LogP contribution in [0.3, 0.4) is 0 Å². The van der Waals surface area contributed by atoms with Crippen LogP contribution in [0.1, 0.15) is 70.3 Å². The average molecular weight is 475 g/mol. The zero-order valence-electron chi connectivity index (χ0n) is 19.4. The highest BCUT2D eigenvalue weighted by molar-refractivity contribution is 7.80. The van der Waals surface area contributed by atoms with Crippen molar-refractivity contribution < 1.29 is 5.11 Å². The van der Waals surface area contributed by atoms with E-state index in [1.54, 1.807) is 12.1 Å². The summed E-state index contributed by atoms with van der Waals surface area (Å²) < 4.78 is 0. The number of aromatic hydroxyl groups is 1. The van der Waals surface area contributed by atoms with Crippen molar-refractivity contribution in [1.82, 2.24) is 10.6 Å². The maximum atomic E-state index is 9.44. The number of phenolic OH excluding ortho intramolecular Hbond substituents is 1. The van der Waals surface area contributed by atoms with Gasteiger partial charge in [0.15, 0.2) is 5.11 Å². The predicted octanol–water partition coefficient (Wildman–Crippen LogP) is 7.77. The van der Waals surface area contributed by atoms with Crippen LogP contribution in [0.15, 0.2) is 66.8 Å². The number of hydrogen-bond acceptors (Lipinski definition) is 2. The lowest BCUT2D eigenvalue weighted by molar-refractivity contribution is 0.475. The van der Waals surface area contributed by atoms with E-state index in [1.807, 2.05) is 6.07 Å². The van der Waals surface area contributed by atoms with Gasteiger partial charge in [-0.05, 0) is 74.9 Å². The second-order valence-electron chi connectivity index (χ2n) is 7.63. The van der Waals surface area contributed by atoms with Crippen LogP contribution in [0.5, 0.6) is 5.75 Å². The van der Waals surface area contributed by atoms with E-state index in [2.05, 4.69) is 66.2 Å². The quantitative estimate of drug-likeness (QED) is 0.130. The molecule has 0 heterocycles. The number of phenols is 1. The Morgan fingerprint density at radius 1 is 0.875 bits per heavy atom. The van der Waals surface area contributed by atoms with Gasteiger partial charge in [0.05, 0.1) is 5.02 Å². The summed E-state index contributed by atoms with van der Waals surface area (Å²) in [5, 5.41) is 16.8. The zero-order valence-corrected chi connectivity index (χ0v) is 20.9. The van der Waals surface area contributed by atoms with E-state index in [0.717, 1.165) is 44.2 Å². The molecule has 0 fully saturated rings. The molecule has 0 atom stereocenters. The summed E-state index contributed by atoms with van der Waals surface area (Å²) in [5.41, 5.74) is 0.970. The molecule has 0 saturated carbocycles. The van der Waals surface area contributed by atoms with Crippen LogP contribution in [-0.2, 0) is 6.54 Å². The fraction of sp³-hybridized carbons (Fsp3) is 0.444. The van der Waals surface area contributed by atoms with E-state index in [-0.39, 0.29) is 5.75 Å². The average Bonchev–Trinajstić information content (AvgIpc) is 2.79. The number of halogens is 1. The molecule has 0 aliphatic rings. The third kappa shape index (κ3) is 15.7. The molecule has 3 nitrogen and oxygen atoms in total. The molecule has 0 unspecified atom stereocenters. The predicted molar refractivity (Wildman–Crippen MR) is 144 cm³/mol. The van der Waals surface area contributed by atoms with Gasteiger partial charge in [0.1, 0.15) is 5.75 Å². The van der Waals surface area contributed by atoms with Crippen molar-refractivity contribution in [2.75, 3.05) is 6.54 Å². The molecule has 176 valence electrons. The van der Waals surface area contributed by atoms with Crippen LogP contribution in [0, 0.1) is 0 Å². The molecule has 32 heavy (non-hydrogen) atoms. The number of nitrogens with one attached hydrogen (secondary N) is 2. The Bertz CT molecular complexity index is 756. The number of unbranched alkanes of at least 4 members (excludes halogenated alkanes) is 4. The van der Waals surface area contributed by atoms with Gasteiger partial charge in [-0.3, -0.25) is 0 Å². The molecule has 1 aromatic rings. The Morgan fingerprint density at radius 3 is 2.06 bits per heavy atom. The Morgan fingerprint density at radius 2 is 1.47 bits per heavy atom. The molecule has 0 amide bonds. The number of hydrogen-bond donors (Lipinski definition) is 3. The third-order valence-electron chi connectivity index (χ3n) is 4.76. The second-order valence-corrected chi connectivity index (χ2v) is 8.44. The molecule has 0 radical (unpaired) electrons. The Balaban J connectivity index is 1.97. The monoisotopic (exact) mass is 474 g/mol. The van der Waals surface area contributed by atoms with E-state index < -0.39 is 0 Å². The van der Waals surface area contributed by atoms with E-state index >= 15 is 0 Å². The fourth-order valence-electron chi connectivity index (χ4n) is 2.89. The van der Waals surface area contributed by atoms with Crippen LogP contribution >= 0.6 is 23.8 Å². The Hall–Kier alpha value is -2.04. The third-order valence-corrected chi connectivity index (χ3v) is 5.35. The first-order valence-corrected chi connectivity index (χ1v) is 12.5. The second kappa shape index (κ2) is 19.6. The first-order chi connectivity index (χ1) is 15.6. The molecular formula is C27H39ClN2OS. The van der Waals surface area contributed by atoms with E-state index in [9.17, 15) is 5.11 Å². The van der Waals surface area contributed by atoms with Gasteiger partial charge in [-0.2, -0.15) is 0 Å². The lowest BCUT2D eigenvalue weighted by Gasteiger charge is -2.10. The van der Waals surface area contributed by atoms with Crippen molar-refractivity contribution in [3.05, 3.63) is 77.4 Å². The standard InChI is InChI=1S/C27H39ClN2OS/c1-2-3-4-5-6-7-8-9-10-11-12-13-14-15-16-17-18-21-29-27(32)30-23-24-19-20-26(31)25(28)22-24/h6-7,9-10,12-13,15-16,19-20,22,31H,2-5,8,11,14,17-18,21,23H2,1H3,(H2,29,30,32). The normalized spacial score (nSPS) is 11.9. The number of thiocarbonyl (C=S) groups is 1. The summed E-state index contributed by atoms with van der Waals surface area (Å²) in [5.74, 6) is 0.0907. The number of allylic oxidation sites excluding steroid dienone is 8. The Kier molecular flexibility index (Phi) is 17.2. The summed E-state index contributed by atoms with van der Waals surface area (Å²) in [7, 11) is 0. The van der Waals surface area contributed by atoms with Crippen LogP contribution in [0.25, 0.3) is 0 Å². The summed E-state index contributed by atoms with van der Waals surface area (Å²) in [4.78, 5) is 0. The molecule has 1 rings (SSSR count). The maximum absolute atomic E-state index is 9.44. The molecule has 0 bridgehead atoms. The molecule has 5 heteroatoms. The molecule has 1 aromatic carbocycles. The van der Waals surface area contributed by atoms with E-state index in [4.69, 9.17) is 23.8 Å². The van der Waals surface area contributed by atoms with E-state index in [1.165, 1.54) is 25.7 Å². The van der Waals surface area contributed by atoms with Crippen molar-refractivity contribution in [2.24, 2.45) is 0 Å². The zero-order chi connectivity index (χ0) is 23.3. The number of benzene rings is 1. The summed E-state index contributed by atoms with van der Waals surface area (Å²) in [6, 6.07) is 5.14. The van der Waals surface area contributed by atoms with Crippen LogP contribution < -0.4 is 10.6 Å². The fourth-order valence-corrected chi connectivity index (χ4v) is 3.27. The highest BCUT2D eigenvalue weighted by atomic mass is 35.5. The van der Waals surface area contributed by atoms with Crippen LogP contribution in [0.2, 0.25) is 5.02 Å². The Labute approximate surface area is 205 Å². The van der Waals surface area contributed by atoms with Gasteiger partial charge in [-0.1, -0.05) is 86.0 Å². The molecule has 0 aromatic heterocycles. The molecule has 3 N–H and O–H groups in total. The first kappa shape index (κ1) is 28.0. The smallest absolute Gasteiger partial charge is 0.166 e. The minimum atomic E-state index is 0.0907. The minimum absolute atomic E-state index is 0.0907. The van der Waals surface area contributed by atoms with Crippen molar-refractivity contribution in [3.63, 3.8) is 0 Å². The van der Waals surface area contributed by atoms with Crippen molar-refractivity contribution in [1.29, 1.82) is 0 Å². The maximum Gasteiger partial charge on any atom is 0.166 e. The summed E-state index contributed by atoms with van der Waals surface area (Å²) >= 11 is 11.2. The molecule has 0 aliphatic carbocycles. The van der Waals surface area contributed by atoms with Gasteiger partial charge in [0.2, 0.25) is 0 Å². The van der Waals surface area contributed by atoms with Gasteiger partial charge in [-0.15, -0.1) is 0 Å². The molecular weight excluding hydrogens is 436 g/mol. The molecule has 0 spiro atoms. The van der Waals surface area contributed by atoms with Crippen LogP contribution in [0.4, 0.5) is 0 Å². The van der Waals surface area contributed by atoms with Gasteiger partial charge in [0, 0.05) is 13.1 Å². The van der Waals surface area contributed by atoms with E-state index in [0.29, 0.717) is 16.7 Å². The van der Waals surface area contributed by atoms with Crippen LogP contribution in [-0.4, -0.2) is 16.8 Å². The van der Waals surface area contributed by atoms with Gasteiger partial charge in [-0.25, -0.2) is 0 Å². The van der Waals surface area contributed by atoms with Gasteiger partial charge >= 0.3 is 0 Å². The number of rotatable bonds is 16. The lowest BCUT2D eigenvalue weighted by Crippen LogP contribution is -2.35. The SMILES string of the molecule is CCCCCC=CCC=CCC=CCC=CCCCNC(=S)NCc1ccc(O)c(Cl)c1. The molecule has 0 saturated heterocycles. The van der Waals surface area contributed by atoms with Gasteiger partial charge in [0.25, 0.3) is 0 Å². The largest absolute Gasteiger partial charge is 0.506 e. The highest BCUT2D eigenvalue weighted by Crippen LogP contribution is 2.23. The topological polar surface area (TPSA) is 44.3 Å².